The molecule has 1 saturated heterocycles. The zero-order valence-electron chi connectivity index (χ0n) is 14.7. The van der Waals surface area contributed by atoms with Crippen LogP contribution in [0.3, 0.4) is 0 Å². The second kappa shape index (κ2) is 7.66. The molecule has 2 aromatic heterocycles. The fraction of sp³-hybridized carbons (Fsp3) is 0.300. The minimum atomic E-state index is -0.0754. The van der Waals surface area contributed by atoms with Gasteiger partial charge in [0.2, 0.25) is 0 Å². The number of carbonyl (C=O) groups excluding carboxylic acids is 1. The summed E-state index contributed by atoms with van der Waals surface area (Å²) < 4.78 is 5.86. The van der Waals surface area contributed by atoms with E-state index in [1.165, 1.54) is 4.88 Å². The van der Waals surface area contributed by atoms with Gasteiger partial charge in [-0.05, 0) is 49.4 Å². The summed E-state index contributed by atoms with van der Waals surface area (Å²) in [7, 11) is 0. The Labute approximate surface area is 171 Å². The molecule has 1 aromatic carbocycles. The van der Waals surface area contributed by atoms with Crippen molar-refractivity contribution in [3.63, 3.8) is 0 Å². The van der Waals surface area contributed by atoms with E-state index in [9.17, 15) is 4.79 Å². The number of halogens is 2. The van der Waals surface area contributed by atoms with Crippen molar-refractivity contribution in [3.8, 4) is 5.75 Å². The smallest absolute Gasteiger partial charge is 0.261 e. The van der Waals surface area contributed by atoms with Crippen LogP contribution in [0.5, 0.6) is 5.75 Å². The van der Waals surface area contributed by atoms with E-state index < -0.39 is 0 Å². The Hall–Kier alpha value is -1.82. The Bertz CT molecular complexity index is 991. The molecule has 4 rings (SSSR count). The summed E-state index contributed by atoms with van der Waals surface area (Å²) in [6.45, 7) is 2.56. The highest BCUT2D eigenvalue weighted by atomic mass is 35.5. The first-order valence-corrected chi connectivity index (χ1v) is 10.4. The molecular formula is C20H18Cl2N2O2S. The van der Waals surface area contributed by atoms with Gasteiger partial charge in [0.15, 0.2) is 12.4 Å². The third-order valence-corrected chi connectivity index (χ3v) is 6.33. The number of benzene rings is 1. The third kappa shape index (κ3) is 3.64. The van der Waals surface area contributed by atoms with Gasteiger partial charge in [0.1, 0.15) is 5.52 Å². The van der Waals surface area contributed by atoms with Crippen LogP contribution in [-0.2, 0) is 4.79 Å². The van der Waals surface area contributed by atoms with Crippen LogP contribution in [0, 0.1) is 6.92 Å². The van der Waals surface area contributed by atoms with Gasteiger partial charge in [0.25, 0.3) is 5.91 Å². The van der Waals surface area contributed by atoms with Gasteiger partial charge in [0.05, 0.1) is 16.1 Å². The van der Waals surface area contributed by atoms with Crippen molar-refractivity contribution in [2.45, 2.75) is 25.8 Å². The van der Waals surface area contributed by atoms with Crippen molar-refractivity contribution in [3.05, 3.63) is 56.3 Å². The number of ether oxygens (including phenoxy) is 1. The lowest BCUT2D eigenvalue weighted by Crippen LogP contribution is -2.34. The van der Waals surface area contributed by atoms with E-state index in [2.05, 4.69) is 11.1 Å². The Balaban J connectivity index is 1.57. The number of hydrogen-bond donors (Lipinski definition) is 0. The van der Waals surface area contributed by atoms with Crippen molar-refractivity contribution in [1.29, 1.82) is 0 Å². The lowest BCUT2D eigenvalue weighted by Gasteiger charge is -2.24. The first-order chi connectivity index (χ1) is 13.0. The maximum absolute atomic E-state index is 12.8. The van der Waals surface area contributed by atoms with Crippen LogP contribution in [0.2, 0.25) is 10.0 Å². The van der Waals surface area contributed by atoms with E-state index in [1.807, 2.05) is 35.4 Å². The molecule has 0 saturated carbocycles. The monoisotopic (exact) mass is 420 g/mol. The number of pyridine rings is 1. The van der Waals surface area contributed by atoms with E-state index in [-0.39, 0.29) is 18.6 Å². The number of nitrogens with zero attached hydrogens (tertiary/aromatic N) is 2. The minimum Gasteiger partial charge on any atom is -0.480 e. The van der Waals surface area contributed by atoms with Crippen LogP contribution in [0.1, 0.15) is 29.5 Å². The van der Waals surface area contributed by atoms with E-state index >= 15 is 0 Å². The molecule has 3 aromatic rings. The molecule has 1 unspecified atom stereocenters. The SMILES string of the molecule is Cc1ccc2c(Cl)cc(Cl)c(OCC(=O)N3CCCC3c3cccs3)c2n1. The summed E-state index contributed by atoms with van der Waals surface area (Å²) >= 11 is 14.3. The molecule has 7 heteroatoms. The summed E-state index contributed by atoms with van der Waals surface area (Å²) in [5, 5.41) is 3.67. The maximum atomic E-state index is 12.8. The summed E-state index contributed by atoms with van der Waals surface area (Å²) in [6, 6.07) is 9.64. The normalized spacial score (nSPS) is 16.9. The Morgan fingerprint density at radius 1 is 1.33 bits per heavy atom. The number of aryl methyl sites for hydroxylation is 1. The summed E-state index contributed by atoms with van der Waals surface area (Å²) in [4.78, 5) is 20.4. The minimum absolute atomic E-state index is 0.0438. The lowest BCUT2D eigenvalue weighted by atomic mass is 10.2. The molecule has 1 aliphatic heterocycles. The highest BCUT2D eigenvalue weighted by molar-refractivity contribution is 7.10. The molecule has 4 nitrogen and oxygen atoms in total. The molecule has 27 heavy (non-hydrogen) atoms. The average molecular weight is 421 g/mol. The standard InChI is InChI=1S/C20H18Cl2N2O2S/c1-12-6-7-13-14(21)10-15(22)20(19(13)23-12)26-11-18(25)24-8-2-4-16(24)17-5-3-9-27-17/h3,5-7,9-10,16H,2,4,8,11H2,1H3. The molecule has 1 fully saturated rings. The predicted octanol–water partition coefficient (Wildman–Crippen LogP) is 5.65. The molecule has 0 bridgehead atoms. The van der Waals surface area contributed by atoms with Gasteiger partial charge in [0, 0.05) is 22.5 Å². The summed E-state index contributed by atoms with van der Waals surface area (Å²) in [5.74, 6) is 0.359. The Kier molecular flexibility index (Phi) is 5.26. The number of thiophene rings is 1. The van der Waals surface area contributed by atoms with Crippen LogP contribution >= 0.6 is 34.5 Å². The van der Waals surface area contributed by atoms with E-state index in [0.29, 0.717) is 21.3 Å². The zero-order chi connectivity index (χ0) is 19.0. The summed E-state index contributed by atoms with van der Waals surface area (Å²) in [5.41, 5.74) is 1.41. The number of carbonyl (C=O) groups is 1. The number of amides is 1. The van der Waals surface area contributed by atoms with Crippen LogP contribution < -0.4 is 4.74 Å². The second-order valence-electron chi connectivity index (χ2n) is 6.57. The largest absolute Gasteiger partial charge is 0.480 e. The fourth-order valence-corrected chi connectivity index (χ4v) is 4.93. The molecular weight excluding hydrogens is 403 g/mol. The van der Waals surface area contributed by atoms with Crippen molar-refractivity contribution in [2.75, 3.05) is 13.2 Å². The van der Waals surface area contributed by atoms with Gasteiger partial charge in [-0.1, -0.05) is 29.3 Å². The predicted molar refractivity (Wildman–Crippen MR) is 110 cm³/mol. The average Bonchev–Trinajstić information content (AvgIpc) is 3.32. The number of likely N-dealkylation sites (tertiary alicyclic amines) is 1. The molecule has 1 atom stereocenters. The Morgan fingerprint density at radius 2 is 2.19 bits per heavy atom. The third-order valence-electron chi connectivity index (χ3n) is 4.76. The second-order valence-corrected chi connectivity index (χ2v) is 8.36. The van der Waals surface area contributed by atoms with E-state index in [0.717, 1.165) is 30.5 Å². The van der Waals surface area contributed by atoms with Crippen molar-refractivity contribution in [1.82, 2.24) is 9.88 Å². The van der Waals surface area contributed by atoms with Crippen LogP contribution in [0.4, 0.5) is 0 Å². The molecule has 0 spiro atoms. The number of fused-ring (bicyclic) bond motifs is 1. The fourth-order valence-electron chi connectivity index (χ4n) is 3.49. The highest BCUT2D eigenvalue weighted by Gasteiger charge is 2.31. The van der Waals surface area contributed by atoms with Crippen molar-refractivity contribution >= 4 is 51.3 Å². The quantitative estimate of drug-likeness (QED) is 0.547. The van der Waals surface area contributed by atoms with E-state index in [1.54, 1.807) is 17.4 Å². The van der Waals surface area contributed by atoms with E-state index in [4.69, 9.17) is 27.9 Å². The molecule has 3 heterocycles. The molecule has 0 aliphatic carbocycles. The number of rotatable bonds is 4. The van der Waals surface area contributed by atoms with Crippen molar-refractivity contribution in [2.24, 2.45) is 0 Å². The molecule has 1 amide bonds. The lowest BCUT2D eigenvalue weighted by molar-refractivity contribution is -0.134. The highest BCUT2D eigenvalue weighted by Crippen LogP contribution is 2.38. The van der Waals surface area contributed by atoms with Gasteiger partial charge >= 0.3 is 0 Å². The topological polar surface area (TPSA) is 42.4 Å². The molecule has 140 valence electrons. The zero-order valence-corrected chi connectivity index (χ0v) is 17.1. The van der Waals surface area contributed by atoms with Gasteiger partial charge in [-0.3, -0.25) is 4.79 Å². The molecule has 0 N–H and O–H groups in total. The molecule has 1 aliphatic rings. The van der Waals surface area contributed by atoms with Crippen LogP contribution in [0.15, 0.2) is 35.7 Å². The number of hydrogen-bond acceptors (Lipinski definition) is 4. The first-order valence-electron chi connectivity index (χ1n) is 8.75. The number of aromatic nitrogens is 1. The first kappa shape index (κ1) is 18.5. The van der Waals surface area contributed by atoms with Crippen molar-refractivity contribution < 1.29 is 9.53 Å². The van der Waals surface area contributed by atoms with Gasteiger partial charge in [-0.2, -0.15) is 0 Å². The summed E-state index contributed by atoms with van der Waals surface area (Å²) in [6.07, 6.45) is 1.98. The molecule has 0 radical (unpaired) electrons. The van der Waals surface area contributed by atoms with Crippen LogP contribution in [-0.4, -0.2) is 28.9 Å². The van der Waals surface area contributed by atoms with Gasteiger partial charge < -0.3 is 9.64 Å². The maximum Gasteiger partial charge on any atom is 0.261 e. The van der Waals surface area contributed by atoms with Gasteiger partial charge in [-0.15, -0.1) is 11.3 Å². The Morgan fingerprint density at radius 3 is 2.96 bits per heavy atom. The van der Waals surface area contributed by atoms with Gasteiger partial charge in [-0.25, -0.2) is 4.98 Å². The van der Waals surface area contributed by atoms with Crippen LogP contribution in [0.25, 0.3) is 10.9 Å².